The number of hydrogen-bond donors (Lipinski definition) is 2. The van der Waals surface area contributed by atoms with Gasteiger partial charge in [-0.1, -0.05) is 47.7 Å². The van der Waals surface area contributed by atoms with E-state index in [0.717, 1.165) is 5.56 Å². The van der Waals surface area contributed by atoms with E-state index in [9.17, 15) is 4.79 Å². The number of carbonyl (C=O) groups excluding carboxylic acids is 1. The summed E-state index contributed by atoms with van der Waals surface area (Å²) in [6.07, 6.45) is 3.28. The molecule has 0 radical (unpaired) electrons. The van der Waals surface area contributed by atoms with Crippen molar-refractivity contribution in [2.75, 3.05) is 18.1 Å². The Bertz CT molecular complexity index is 575. The summed E-state index contributed by atoms with van der Waals surface area (Å²) in [6.45, 7) is 0. The van der Waals surface area contributed by atoms with Crippen molar-refractivity contribution in [3.05, 3.63) is 46.8 Å². The van der Waals surface area contributed by atoms with Gasteiger partial charge in [-0.2, -0.15) is 0 Å². The predicted molar refractivity (Wildman–Crippen MR) is 75.9 cm³/mol. The Morgan fingerprint density at radius 1 is 1.39 bits per heavy atom. The van der Waals surface area contributed by atoms with Crippen LogP contribution in [0.5, 0.6) is 0 Å². The minimum Gasteiger partial charge on any atom is -0.382 e. The first-order valence-electron chi connectivity index (χ1n) is 5.42. The summed E-state index contributed by atoms with van der Waals surface area (Å²) in [5.74, 6) is 0.141. The van der Waals surface area contributed by atoms with Crippen molar-refractivity contribution in [3.8, 4) is 0 Å². The zero-order chi connectivity index (χ0) is 13.0. The Kier molecular flexibility index (Phi) is 3.74. The summed E-state index contributed by atoms with van der Waals surface area (Å²) in [7, 11) is 1.74. The van der Waals surface area contributed by atoms with Crippen LogP contribution in [-0.4, -0.2) is 17.8 Å². The molecule has 92 valence electrons. The number of anilines is 2. The Balaban J connectivity index is 2.17. The van der Waals surface area contributed by atoms with Crippen LogP contribution in [-0.2, 0) is 0 Å². The third-order valence-corrected chi connectivity index (χ3v) is 3.42. The summed E-state index contributed by atoms with van der Waals surface area (Å²) in [4.78, 5) is 16.4. The lowest BCUT2D eigenvalue weighted by atomic mass is 10.2. The van der Waals surface area contributed by atoms with Crippen LogP contribution in [0.15, 0.2) is 36.4 Å². The van der Waals surface area contributed by atoms with Gasteiger partial charge >= 0.3 is 0 Å². The van der Waals surface area contributed by atoms with E-state index in [4.69, 9.17) is 5.73 Å². The van der Waals surface area contributed by atoms with Crippen molar-refractivity contribution in [2.24, 2.45) is 0 Å². The standard InChI is InChI=1S/C13H13N3OS/c1-15-13-16-12(14)11(18-13)10(17)8-7-9-5-3-2-4-6-9/h2-8H,14H2,1H3,(H,15,16)/b8-7+. The molecule has 0 atom stereocenters. The van der Waals surface area contributed by atoms with E-state index in [1.807, 2.05) is 30.3 Å². The molecule has 0 aliphatic heterocycles. The lowest BCUT2D eigenvalue weighted by Crippen LogP contribution is -1.96. The maximum absolute atomic E-state index is 11.9. The Labute approximate surface area is 109 Å². The smallest absolute Gasteiger partial charge is 0.199 e. The van der Waals surface area contributed by atoms with Crippen LogP contribution >= 0.6 is 11.3 Å². The molecule has 2 aromatic rings. The molecule has 0 saturated heterocycles. The Morgan fingerprint density at radius 3 is 2.72 bits per heavy atom. The van der Waals surface area contributed by atoms with E-state index in [0.29, 0.717) is 10.0 Å². The average molecular weight is 259 g/mol. The van der Waals surface area contributed by atoms with Crippen LogP contribution in [0.2, 0.25) is 0 Å². The minimum absolute atomic E-state index is 0.129. The number of allylic oxidation sites excluding steroid dienone is 1. The number of ketones is 1. The van der Waals surface area contributed by atoms with E-state index < -0.39 is 0 Å². The third-order valence-electron chi connectivity index (χ3n) is 2.32. The van der Waals surface area contributed by atoms with Crippen LogP contribution in [0.25, 0.3) is 6.08 Å². The number of aromatic nitrogens is 1. The molecule has 1 heterocycles. The number of nitrogens with zero attached hydrogens (tertiary/aromatic N) is 1. The molecule has 0 amide bonds. The number of nitrogens with two attached hydrogens (primary N) is 1. The molecule has 3 N–H and O–H groups in total. The first-order chi connectivity index (χ1) is 8.70. The maximum Gasteiger partial charge on any atom is 0.199 e. The molecule has 0 saturated carbocycles. The largest absolute Gasteiger partial charge is 0.382 e. The van der Waals surface area contributed by atoms with Crippen LogP contribution in [0.4, 0.5) is 10.9 Å². The van der Waals surface area contributed by atoms with Gasteiger partial charge in [-0.25, -0.2) is 4.98 Å². The van der Waals surface area contributed by atoms with Crippen LogP contribution in [0, 0.1) is 0 Å². The molecule has 1 aromatic heterocycles. The van der Waals surface area contributed by atoms with Gasteiger partial charge in [0.15, 0.2) is 10.9 Å². The first kappa shape index (κ1) is 12.3. The highest BCUT2D eigenvalue weighted by atomic mass is 32.1. The average Bonchev–Trinajstić information content (AvgIpc) is 2.78. The second-order valence-electron chi connectivity index (χ2n) is 3.59. The number of rotatable bonds is 4. The van der Waals surface area contributed by atoms with Crippen LogP contribution in [0.3, 0.4) is 0 Å². The molecule has 0 unspecified atom stereocenters. The fourth-order valence-electron chi connectivity index (χ4n) is 1.43. The molecular formula is C13H13N3OS. The number of carbonyl (C=O) groups is 1. The molecule has 0 spiro atoms. The highest BCUT2D eigenvalue weighted by Crippen LogP contribution is 2.25. The van der Waals surface area contributed by atoms with Crippen molar-refractivity contribution < 1.29 is 4.79 Å². The molecule has 0 aliphatic rings. The molecule has 1 aromatic carbocycles. The topological polar surface area (TPSA) is 68.0 Å². The van der Waals surface area contributed by atoms with Crippen molar-refractivity contribution in [2.45, 2.75) is 0 Å². The van der Waals surface area contributed by atoms with Gasteiger partial charge in [0.05, 0.1) is 0 Å². The number of thiazole rings is 1. The van der Waals surface area contributed by atoms with Gasteiger partial charge in [-0.3, -0.25) is 4.79 Å². The second-order valence-corrected chi connectivity index (χ2v) is 4.59. The van der Waals surface area contributed by atoms with Gasteiger partial charge in [0.1, 0.15) is 10.7 Å². The molecule has 2 rings (SSSR count). The molecule has 18 heavy (non-hydrogen) atoms. The van der Waals surface area contributed by atoms with Crippen molar-refractivity contribution >= 4 is 34.1 Å². The van der Waals surface area contributed by atoms with Gasteiger partial charge < -0.3 is 11.1 Å². The monoisotopic (exact) mass is 259 g/mol. The van der Waals surface area contributed by atoms with Gasteiger partial charge in [-0.05, 0) is 11.6 Å². The Morgan fingerprint density at radius 2 is 2.11 bits per heavy atom. The van der Waals surface area contributed by atoms with E-state index in [1.165, 1.54) is 17.4 Å². The molecule has 5 heteroatoms. The predicted octanol–water partition coefficient (Wildman–Crippen LogP) is 2.66. The molecule has 0 fully saturated rings. The number of nitrogen functional groups attached to an aromatic ring is 1. The lowest BCUT2D eigenvalue weighted by Gasteiger charge is -1.92. The SMILES string of the molecule is CNc1nc(N)c(C(=O)/C=C/c2ccccc2)s1. The van der Waals surface area contributed by atoms with Crippen LogP contribution in [0.1, 0.15) is 15.2 Å². The first-order valence-corrected chi connectivity index (χ1v) is 6.24. The summed E-state index contributed by atoms with van der Waals surface area (Å²) >= 11 is 1.25. The fraction of sp³-hybridized carbons (Fsp3) is 0.0769. The minimum atomic E-state index is -0.129. The van der Waals surface area contributed by atoms with E-state index in [1.54, 1.807) is 13.1 Å². The fourth-order valence-corrected chi connectivity index (χ4v) is 2.19. The highest BCUT2D eigenvalue weighted by Gasteiger charge is 2.12. The summed E-state index contributed by atoms with van der Waals surface area (Å²) < 4.78 is 0. The van der Waals surface area contributed by atoms with Crippen LogP contribution < -0.4 is 11.1 Å². The number of nitrogens with one attached hydrogen (secondary N) is 1. The summed E-state index contributed by atoms with van der Waals surface area (Å²) in [5.41, 5.74) is 6.67. The lowest BCUT2D eigenvalue weighted by molar-refractivity contribution is 0.105. The van der Waals surface area contributed by atoms with Gasteiger partial charge in [-0.15, -0.1) is 0 Å². The third kappa shape index (κ3) is 2.75. The van der Waals surface area contributed by atoms with Gasteiger partial charge in [0, 0.05) is 7.05 Å². The zero-order valence-electron chi connectivity index (χ0n) is 9.88. The van der Waals surface area contributed by atoms with Crippen molar-refractivity contribution in [3.63, 3.8) is 0 Å². The molecule has 0 aliphatic carbocycles. The van der Waals surface area contributed by atoms with Crippen molar-refractivity contribution in [1.82, 2.24) is 4.98 Å². The number of benzene rings is 1. The Hall–Kier alpha value is -2.14. The molecule has 4 nitrogen and oxygen atoms in total. The highest BCUT2D eigenvalue weighted by molar-refractivity contribution is 7.18. The molecule has 0 bridgehead atoms. The van der Waals surface area contributed by atoms with Crippen molar-refractivity contribution in [1.29, 1.82) is 0 Å². The van der Waals surface area contributed by atoms with E-state index in [2.05, 4.69) is 10.3 Å². The van der Waals surface area contributed by atoms with E-state index in [-0.39, 0.29) is 11.6 Å². The summed E-state index contributed by atoms with van der Waals surface area (Å²) in [6, 6.07) is 9.63. The van der Waals surface area contributed by atoms with Gasteiger partial charge in [0.25, 0.3) is 0 Å². The summed E-state index contributed by atoms with van der Waals surface area (Å²) in [5, 5.41) is 3.51. The van der Waals surface area contributed by atoms with E-state index >= 15 is 0 Å². The second kappa shape index (κ2) is 5.46. The maximum atomic E-state index is 11.9. The molecular weight excluding hydrogens is 246 g/mol. The quantitative estimate of drug-likeness (QED) is 0.654. The zero-order valence-corrected chi connectivity index (χ0v) is 10.7. The number of hydrogen-bond acceptors (Lipinski definition) is 5. The van der Waals surface area contributed by atoms with Gasteiger partial charge in [0.2, 0.25) is 0 Å². The normalized spacial score (nSPS) is 10.7.